The van der Waals surface area contributed by atoms with E-state index in [1.165, 1.54) is 0 Å². The summed E-state index contributed by atoms with van der Waals surface area (Å²) < 4.78 is 10.9. The van der Waals surface area contributed by atoms with Gasteiger partial charge in [-0.25, -0.2) is 4.79 Å². The predicted octanol–water partition coefficient (Wildman–Crippen LogP) is 4.75. The molecule has 0 spiro atoms. The van der Waals surface area contributed by atoms with Crippen molar-refractivity contribution in [2.75, 3.05) is 20.2 Å². The maximum atomic E-state index is 13.2. The average molecular weight is 445 g/mol. The number of likely N-dealkylation sites (tertiary alicyclic amines) is 1. The zero-order valence-corrected chi connectivity index (χ0v) is 18.7. The fourth-order valence-corrected chi connectivity index (χ4v) is 4.24. The molecule has 33 heavy (non-hydrogen) atoms. The maximum absolute atomic E-state index is 13.2. The van der Waals surface area contributed by atoms with Crippen LogP contribution >= 0.6 is 0 Å². The molecule has 1 N–H and O–H groups in total. The van der Waals surface area contributed by atoms with Gasteiger partial charge < -0.3 is 19.7 Å². The first-order valence-electron chi connectivity index (χ1n) is 11.1. The van der Waals surface area contributed by atoms with Gasteiger partial charge in [-0.05, 0) is 36.1 Å². The molecule has 3 aromatic rings. The molecule has 0 aliphatic carbocycles. The molecule has 1 aliphatic heterocycles. The SMILES string of the molecule is COc1ccccc1C(=O)NC1(c2ccccc2)CCN(C(=O)OCc2ccccc2)CC1. The number of rotatable bonds is 6. The monoisotopic (exact) mass is 444 g/mol. The minimum absolute atomic E-state index is 0.198. The van der Waals surface area contributed by atoms with Crippen molar-refractivity contribution in [3.05, 3.63) is 102 Å². The van der Waals surface area contributed by atoms with Crippen LogP contribution in [-0.4, -0.2) is 37.1 Å². The van der Waals surface area contributed by atoms with Gasteiger partial charge in [-0.1, -0.05) is 72.8 Å². The van der Waals surface area contributed by atoms with E-state index in [4.69, 9.17) is 9.47 Å². The molecule has 2 amide bonds. The van der Waals surface area contributed by atoms with E-state index >= 15 is 0 Å². The Balaban J connectivity index is 1.47. The van der Waals surface area contributed by atoms with E-state index in [9.17, 15) is 9.59 Å². The Hall–Kier alpha value is -3.80. The molecular weight excluding hydrogens is 416 g/mol. The topological polar surface area (TPSA) is 67.9 Å². The van der Waals surface area contributed by atoms with Crippen LogP contribution in [0.5, 0.6) is 5.75 Å². The molecule has 3 aromatic carbocycles. The highest BCUT2D eigenvalue weighted by Gasteiger charge is 2.39. The highest BCUT2D eigenvalue weighted by atomic mass is 16.6. The molecule has 1 heterocycles. The van der Waals surface area contributed by atoms with Gasteiger partial charge in [0, 0.05) is 13.1 Å². The highest BCUT2D eigenvalue weighted by molar-refractivity contribution is 5.97. The van der Waals surface area contributed by atoms with Crippen LogP contribution < -0.4 is 10.1 Å². The molecule has 1 saturated heterocycles. The summed E-state index contributed by atoms with van der Waals surface area (Å²) in [5.74, 6) is 0.330. The molecule has 6 heteroatoms. The molecule has 6 nitrogen and oxygen atoms in total. The van der Waals surface area contributed by atoms with Crippen LogP contribution in [-0.2, 0) is 16.9 Å². The van der Waals surface area contributed by atoms with Crippen LogP contribution in [0.3, 0.4) is 0 Å². The van der Waals surface area contributed by atoms with E-state index in [2.05, 4.69) is 5.32 Å². The van der Waals surface area contributed by atoms with Crippen molar-refractivity contribution >= 4 is 12.0 Å². The first-order valence-corrected chi connectivity index (χ1v) is 11.1. The van der Waals surface area contributed by atoms with Gasteiger partial charge in [0.15, 0.2) is 0 Å². The van der Waals surface area contributed by atoms with E-state index in [0.717, 1.165) is 11.1 Å². The van der Waals surface area contributed by atoms with E-state index in [1.54, 1.807) is 24.1 Å². The van der Waals surface area contributed by atoms with Gasteiger partial charge in [-0.3, -0.25) is 4.79 Å². The molecule has 0 atom stereocenters. The zero-order valence-electron chi connectivity index (χ0n) is 18.7. The van der Waals surface area contributed by atoms with Crippen molar-refractivity contribution in [2.45, 2.75) is 25.0 Å². The van der Waals surface area contributed by atoms with Crippen LogP contribution in [0.15, 0.2) is 84.9 Å². The second kappa shape index (κ2) is 10.2. The average Bonchev–Trinajstić information content (AvgIpc) is 2.88. The summed E-state index contributed by atoms with van der Waals surface area (Å²) in [7, 11) is 1.55. The van der Waals surface area contributed by atoms with E-state index in [-0.39, 0.29) is 18.6 Å². The predicted molar refractivity (Wildman–Crippen MR) is 126 cm³/mol. The van der Waals surface area contributed by atoms with E-state index in [0.29, 0.717) is 37.2 Å². The molecule has 170 valence electrons. The smallest absolute Gasteiger partial charge is 0.410 e. The number of nitrogens with zero attached hydrogens (tertiary/aromatic N) is 1. The molecule has 0 aromatic heterocycles. The summed E-state index contributed by atoms with van der Waals surface area (Å²) in [6.45, 7) is 1.20. The number of hydrogen-bond acceptors (Lipinski definition) is 4. The third-order valence-corrected chi connectivity index (χ3v) is 6.11. The number of carbonyl (C=O) groups excluding carboxylic acids is 2. The lowest BCUT2D eigenvalue weighted by Crippen LogP contribution is -2.54. The third-order valence-electron chi connectivity index (χ3n) is 6.11. The Morgan fingerprint density at radius 2 is 1.48 bits per heavy atom. The number of methoxy groups -OCH3 is 1. The number of benzene rings is 3. The zero-order chi connectivity index (χ0) is 23.1. The Morgan fingerprint density at radius 1 is 0.879 bits per heavy atom. The van der Waals surface area contributed by atoms with Gasteiger partial charge in [0.1, 0.15) is 12.4 Å². The van der Waals surface area contributed by atoms with Gasteiger partial charge in [-0.15, -0.1) is 0 Å². The van der Waals surface area contributed by atoms with Gasteiger partial charge in [0.25, 0.3) is 5.91 Å². The Bertz CT molecular complexity index is 1080. The lowest BCUT2D eigenvalue weighted by molar-refractivity contribution is 0.0657. The lowest BCUT2D eigenvalue weighted by atomic mass is 9.80. The number of para-hydroxylation sites is 1. The lowest BCUT2D eigenvalue weighted by Gasteiger charge is -2.42. The normalized spacial score (nSPS) is 14.9. The standard InChI is InChI=1S/C27H28N2O4/c1-32-24-15-9-8-14-23(24)25(30)28-27(22-12-6-3-7-13-22)16-18-29(19-17-27)26(31)33-20-21-10-4-2-5-11-21/h2-15H,16-20H2,1H3,(H,28,30). The second-order valence-corrected chi connectivity index (χ2v) is 8.13. The summed E-state index contributed by atoms with van der Waals surface area (Å²) in [4.78, 5) is 27.6. The van der Waals surface area contributed by atoms with Gasteiger partial charge in [0.05, 0.1) is 18.2 Å². The molecule has 0 bridgehead atoms. The first kappa shape index (κ1) is 22.4. The number of hydrogen-bond donors (Lipinski definition) is 1. The van der Waals surface area contributed by atoms with E-state index < -0.39 is 5.54 Å². The summed E-state index contributed by atoms with van der Waals surface area (Å²) in [5, 5.41) is 3.26. The van der Waals surface area contributed by atoms with Crippen LogP contribution in [0.4, 0.5) is 4.79 Å². The molecule has 1 aliphatic rings. The summed E-state index contributed by atoms with van der Waals surface area (Å²) in [6, 6.07) is 26.7. The fraction of sp³-hybridized carbons (Fsp3) is 0.259. The Labute approximate surface area is 194 Å². The number of nitrogens with one attached hydrogen (secondary N) is 1. The van der Waals surface area contributed by atoms with Crippen molar-refractivity contribution in [1.29, 1.82) is 0 Å². The molecule has 0 radical (unpaired) electrons. The fourth-order valence-electron chi connectivity index (χ4n) is 4.24. The van der Waals surface area contributed by atoms with Crippen LogP contribution in [0, 0.1) is 0 Å². The number of piperidine rings is 1. The van der Waals surface area contributed by atoms with Crippen LogP contribution in [0.1, 0.15) is 34.3 Å². The second-order valence-electron chi connectivity index (χ2n) is 8.13. The van der Waals surface area contributed by atoms with Crippen molar-refractivity contribution in [1.82, 2.24) is 10.2 Å². The van der Waals surface area contributed by atoms with Gasteiger partial charge >= 0.3 is 6.09 Å². The highest BCUT2D eigenvalue weighted by Crippen LogP contribution is 2.34. The molecule has 0 unspecified atom stereocenters. The van der Waals surface area contributed by atoms with Crippen molar-refractivity contribution < 1.29 is 19.1 Å². The Kier molecular flexibility index (Phi) is 6.93. The summed E-state index contributed by atoms with van der Waals surface area (Å²) >= 11 is 0. The van der Waals surface area contributed by atoms with Crippen LogP contribution in [0.2, 0.25) is 0 Å². The van der Waals surface area contributed by atoms with Crippen molar-refractivity contribution in [3.8, 4) is 5.75 Å². The van der Waals surface area contributed by atoms with Gasteiger partial charge in [0.2, 0.25) is 0 Å². The minimum Gasteiger partial charge on any atom is -0.496 e. The maximum Gasteiger partial charge on any atom is 0.410 e. The van der Waals surface area contributed by atoms with Crippen molar-refractivity contribution in [3.63, 3.8) is 0 Å². The molecule has 1 fully saturated rings. The molecule has 4 rings (SSSR count). The Morgan fingerprint density at radius 3 is 2.15 bits per heavy atom. The quantitative estimate of drug-likeness (QED) is 0.596. The minimum atomic E-state index is -0.588. The molecular formula is C27H28N2O4. The third kappa shape index (κ3) is 5.17. The summed E-state index contributed by atoms with van der Waals surface area (Å²) in [5.41, 5.74) is 1.87. The number of ether oxygens (including phenoxy) is 2. The van der Waals surface area contributed by atoms with Crippen LogP contribution in [0.25, 0.3) is 0 Å². The largest absolute Gasteiger partial charge is 0.496 e. The number of carbonyl (C=O) groups is 2. The van der Waals surface area contributed by atoms with Gasteiger partial charge in [-0.2, -0.15) is 0 Å². The molecule has 0 saturated carbocycles. The number of amides is 2. The van der Waals surface area contributed by atoms with Crippen molar-refractivity contribution in [2.24, 2.45) is 0 Å². The summed E-state index contributed by atoms with van der Waals surface area (Å²) in [6.07, 6.45) is 0.827. The van der Waals surface area contributed by atoms with E-state index in [1.807, 2.05) is 72.8 Å². The first-order chi connectivity index (χ1) is 16.1.